The average Bonchev–Trinajstić information content (AvgIpc) is 2.90. The lowest BCUT2D eigenvalue weighted by Gasteiger charge is -2.34. The molecular formula is C15H31N3. The Bertz CT molecular complexity index is 230. The Kier molecular flexibility index (Phi) is 5.46. The molecule has 0 radical (unpaired) electrons. The van der Waals surface area contributed by atoms with Gasteiger partial charge in [-0.05, 0) is 78.7 Å². The van der Waals surface area contributed by atoms with Crippen LogP contribution in [0.2, 0.25) is 0 Å². The SMILES string of the molecule is CC(NCC(C)N1CCCC1)C1CCN(C)CC1. The van der Waals surface area contributed by atoms with Crippen molar-refractivity contribution in [3.8, 4) is 0 Å². The molecule has 0 saturated carbocycles. The fourth-order valence-electron chi connectivity index (χ4n) is 3.36. The molecule has 0 aromatic rings. The van der Waals surface area contributed by atoms with Crippen molar-refractivity contribution in [3.63, 3.8) is 0 Å². The summed E-state index contributed by atoms with van der Waals surface area (Å²) in [6.45, 7) is 11.1. The van der Waals surface area contributed by atoms with Crippen LogP contribution in [0.25, 0.3) is 0 Å². The molecule has 3 nitrogen and oxygen atoms in total. The summed E-state index contributed by atoms with van der Waals surface area (Å²) in [7, 11) is 2.24. The molecule has 2 atom stereocenters. The van der Waals surface area contributed by atoms with Gasteiger partial charge in [-0.25, -0.2) is 0 Å². The molecule has 2 fully saturated rings. The Morgan fingerprint density at radius 3 is 2.28 bits per heavy atom. The number of rotatable bonds is 5. The smallest absolute Gasteiger partial charge is 0.0192 e. The van der Waals surface area contributed by atoms with Crippen LogP contribution in [0.1, 0.15) is 39.5 Å². The van der Waals surface area contributed by atoms with Gasteiger partial charge in [0.25, 0.3) is 0 Å². The van der Waals surface area contributed by atoms with E-state index in [-0.39, 0.29) is 0 Å². The number of hydrogen-bond donors (Lipinski definition) is 1. The number of piperidine rings is 1. The summed E-state index contributed by atoms with van der Waals surface area (Å²) in [6.07, 6.45) is 5.52. The van der Waals surface area contributed by atoms with Crippen molar-refractivity contribution in [1.29, 1.82) is 0 Å². The van der Waals surface area contributed by atoms with E-state index in [9.17, 15) is 0 Å². The summed E-state index contributed by atoms with van der Waals surface area (Å²) in [5.74, 6) is 0.881. The van der Waals surface area contributed by atoms with Crippen molar-refractivity contribution in [2.75, 3.05) is 39.8 Å². The Morgan fingerprint density at radius 2 is 1.67 bits per heavy atom. The highest BCUT2D eigenvalue weighted by atomic mass is 15.2. The first kappa shape index (κ1) is 14.3. The maximum Gasteiger partial charge on any atom is 0.0192 e. The second kappa shape index (κ2) is 6.88. The molecule has 0 amide bonds. The normalized spacial score (nSPS) is 27.5. The van der Waals surface area contributed by atoms with Crippen molar-refractivity contribution < 1.29 is 0 Å². The van der Waals surface area contributed by atoms with Crippen molar-refractivity contribution in [1.82, 2.24) is 15.1 Å². The number of likely N-dealkylation sites (tertiary alicyclic amines) is 2. The lowest BCUT2D eigenvalue weighted by Crippen LogP contribution is -2.46. The van der Waals surface area contributed by atoms with Crippen LogP contribution in [0.15, 0.2) is 0 Å². The quantitative estimate of drug-likeness (QED) is 0.806. The van der Waals surface area contributed by atoms with E-state index in [4.69, 9.17) is 0 Å². The Labute approximate surface area is 113 Å². The summed E-state index contributed by atoms with van der Waals surface area (Å²) in [5, 5.41) is 3.78. The lowest BCUT2D eigenvalue weighted by molar-refractivity contribution is 0.180. The molecule has 0 bridgehead atoms. The zero-order chi connectivity index (χ0) is 13.0. The summed E-state index contributed by atoms with van der Waals surface area (Å²) >= 11 is 0. The molecule has 2 rings (SSSR count). The molecule has 0 aliphatic carbocycles. The standard InChI is InChI=1S/C15H31N3/c1-13(18-8-4-5-9-18)12-16-14(2)15-6-10-17(3)11-7-15/h13-16H,4-12H2,1-3H3. The zero-order valence-electron chi connectivity index (χ0n) is 12.5. The Balaban J connectivity index is 1.66. The maximum atomic E-state index is 3.78. The molecule has 106 valence electrons. The second-order valence-electron chi connectivity index (χ2n) is 6.43. The molecule has 2 heterocycles. The van der Waals surface area contributed by atoms with E-state index in [0.717, 1.165) is 12.5 Å². The summed E-state index contributed by atoms with van der Waals surface area (Å²) in [5.41, 5.74) is 0. The van der Waals surface area contributed by atoms with Gasteiger partial charge in [0, 0.05) is 18.6 Å². The highest BCUT2D eigenvalue weighted by molar-refractivity contribution is 4.81. The van der Waals surface area contributed by atoms with Gasteiger partial charge in [-0.3, -0.25) is 4.90 Å². The fraction of sp³-hybridized carbons (Fsp3) is 1.00. The maximum absolute atomic E-state index is 3.78. The minimum absolute atomic E-state index is 0.684. The van der Waals surface area contributed by atoms with Gasteiger partial charge in [0.05, 0.1) is 0 Å². The first-order chi connectivity index (χ1) is 8.66. The van der Waals surface area contributed by atoms with Crippen molar-refractivity contribution in [2.24, 2.45) is 5.92 Å². The third-order valence-electron chi connectivity index (χ3n) is 4.97. The van der Waals surface area contributed by atoms with Gasteiger partial charge in [-0.15, -0.1) is 0 Å². The van der Waals surface area contributed by atoms with Gasteiger partial charge in [0.15, 0.2) is 0 Å². The molecule has 2 aliphatic rings. The largest absolute Gasteiger partial charge is 0.312 e. The highest BCUT2D eigenvalue weighted by Gasteiger charge is 2.23. The van der Waals surface area contributed by atoms with Gasteiger partial charge in [0.1, 0.15) is 0 Å². The fourth-order valence-corrected chi connectivity index (χ4v) is 3.36. The molecule has 0 spiro atoms. The minimum atomic E-state index is 0.684. The minimum Gasteiger partial charge on any atom is -0.312 e. The zero-order valence-corrected chi connectivity index (χ0v) is 12.5. The van der Waals surface area contributed by atoms with E-state index in [2.05, 4.69) is 36.0 Å². The molecular weight excluding hydrogens is 222 g/mol. The van der Waals surface area contributed by atoms with Crippen molar-refractivity contribution in [3.05, 3.63) is 0 Å². The Morgan fingerprint density at radius 1 is 1.06 bits per heavy atom. The summed E-state index contributed by atoms with van der Waals surface area (Å²) in [4.78, 5) is 5.09. The van der Waals surface area contributed by atoms with Crippen LogP contribution in [0.5, 0.6) is 0 Å². The van der Waals surface area contributed by atoms with Crippen LogP contribution >= 0.6 is 0 Å². The molecule has 18 heavy (non-hydrogen) atoms. The van der Waals surface area contributed by atoms with Gasteiger partial charge in [-0.1, -0.05) is 0 Å². The van der Waals surface area contributed by atoms with E-state index in [1.807, 2.05) is 0 Å². The Hall–Kier alpha value is -0.120. The van der Waals surface area contributed by atoms with E-state index in [1.165, 1.54) is 51.9 Å². The highest BCUT2D eigenvalue weighted by Crippen LogP contribution is 2.19. The lowest BCUT2D eigenvalue weighted by atomic mass is 9.90. The number of hydrogen-bond acceptors (Lipinski definition) is 3. The molecule has 1 N–H and O–H groups in total. The molecule has 2 unspecified atom stereocenters. The number of nitrogens with zero attached hydrogens (tertiary/aromatic N) is 2. The van der Waals surface area contributed by atoms with Crippen molar-refractivity contribution >= 4 is 0 Å². The van der Waals surface area contributed by atoms with Crippen LogP contribution < -0.4 is 5.32 Å². The van der Waals surface area contributed by atoms with Gasteiger partial charge >= 0.3 is 0 Å². The van der Waals surface area contributed by atoms with Gasteiger partial charge in [0.2, 0.25) is 0 Å². The van der Waals surface area contributed by atoms with Crippen LogP contribution in [-0.4, -0.2) is 61.7 Å². The van der Waals surface area contributed by atoms with E-state index >= 15 is 0 Å². The molecule has 2 aliphatic heterocycles. The predicted octanol–water partition coefficient (Wildman–Crippen LogP) is 1.79. The van der Waals surface area contributed by atoms with Crippen LogP contribution in [-0.2, 0) is 0 Å². The second-order valence-corrected chi connectivity index (χ2v) is 6.43. The molecule has 0 aromatic carbocycles. The van der Waals surface area contributed by atoms with E-state index in [1.54, 1.807) is 0 Å². The van der Waals surface area contributed by atoms with Crippen LogP contribution in [0.4, 0.5) is 0 Å². The van der Waals surface area contributed by atoms with Crippen molar-refractivity contribution in [2.45, 2.75) is 51.6 Å². The number of nitrogens with one attached hydrogen (secondary N) is 1. The van der Waals surface area contributed by atoms with Crippen LogP contribution in [0.3, 0.4) is 0 Å². The first-order valence-electron chi connectivity index (χ1n) is 7.83. The predicted molar refractivity (Wildman–Crippen MR) is 78.0 cm³/mol. The third kappa shape index (κ3) is 3.94. The monoisotopic (exact) mass is 253 g/mol. The van der Waals surface area contributed by atoms with Crippen LogP contribution in [0, 0.1) is 5.92 Å². The van der Waals surface area contributed by atoms with Gasteiger partial charge < -0.3 is 10.2 Å². The molecule has 2 saturated heterocycles. The topological polar surface area (TPSA) is 18.5 Å². The summed E-state index contributed by atoms with van der Waals surface area (Å²) < 4.78 is 0. The van der Waals surface area contributed by atoms with E-state index < -0.39 is 0 Å². The van der Waals surface area contributed by atoms with Gasteiger partial charge in [-0.2, -0.15) is 0 Å². The molecule has 3 heteroatoms. The third-order valence-corrected chi connectivity index (χ3v) is 4.97. The first-order valence-corrected chi connectivity index (χ1v) is 7.83. The van der Waals surface area contributed by atoms with E-state index in [0.29, 0.717) is 12.1 Å². The molecule has 0 aromatic heterocycles. The average molecular weight is 253 g/mol. The summed E-state index contributed by atoms with van der Waals surface area (Å²) in [6, 6.07) is 1.39.